The Kier molecular flexibility index (Phi) is 17.0. The molecule has 26 heavy (non-hydrogen) atoms. The second-order valence-corrected chi connectivity index (χ2v) is 7.29. The van der Waals surface area contributed by atoms with E-state index in [-0.39, 0.29) is 21.1 Å². The standard InChI is InChI=1S/C12H11N.C9H19NS2.Mo/c1-3-7-11(8-4-1)13-12-9-5-2-6-10-12;1-3-5-7-10-9(11)12-8-6-4-2;/h1-10,13H;3-8H2,1-2H3,(H,10,11);/p-1. The first kappa shape index (κ1) is 25.2. The Morgan fingerprint density at radius 2 is 1.38 bits per heavy atom. The molecule has 0 aromatic heterocycles. The molecule has 0 atom stereocenters. The summed E-state index contributed by atoms with van der Waals surface area (Å²) in [4.78, 5) is 0. The Morgan fingerprint density at radius 3 is 1.85 bits per heavy atom. The smallest absolute Gasteiger partial charge is 0.0384 e. The van der Waals surface area contributed by atoms with Crippen molar-refractivity contribution in [2.24, 2.45) is 0 Å². The first-order valence-corrected chi connectivity index (χ1v) is 10.4. The zero-order valence-electron chi connectivity index (χ0n) is 15.7. The monoisotopic (exact) mass is 471 g/mol. The molecule has 0 saturated heterocycles. The van der Waals surface area contributed by atoms with Crippen molar-refractivity contribution in [3.63, 3.8) is 0 Å². The molecule has 0 unspecified atom stereocenters. The average molecular weight is 470 g/mol. The number of hydrogen-bond donors (Lipinski definition) is 1. The molecule has 0 aliphatic heterocycles. The number of anilines is 2. The van der Waals surface area contributed by atoms with Crippen molar-refractivity contribution in [3.05, 3.63) is 66.0 Å². The molecule has 0 aliphatic rings. The summed E-state index contributed by atoms with van der Waals surface area (Å²) < 4.78 is 0.844. The zero-order chi connectivity index (χ0) is 18.2. The van der Waals surface area contributed by atoms with E-state index in [2.05, 4.69) is 24.5 Å². The van der Waals surface area contributed by atoms with E-state index < -0.39 is 0 Å². The van der Waals surface area contributed by atoms with Gasteiger partial charge in [-0.3, -0.25) is 0 Å². The van der Waals surface area contributed by atoms with Crippen LogP contribution in [0.2, 0.25) is 0 Å². The molecular formula is C21H29MoN2S2-. The molecule has 1 N–H and O–H groups in total. The molecule has 2 aromatic rings. The van der Waals surface area contributed by atoms with Gasteiger partial charge in [-0.1, -0.05) is 81.7 Å². The maximum absolute atomic E-state index is 5.08. The van der Waals surface area contributed by atoms with Crippen LogP contribution in [-0.4, -0.2) is 16.6 Å². The van der Waals surface area contributed by atoms with Gasteiger partial charge in [-0.05, 0) is 40.8 Å². The van der Waals surface area contributed by atoms with Gasteiger partial charge in [-0.15, -0.1) is 18.3 Å². The number of hydrogen-bond acceptors (Lipinski definition) is 3. The number of thiocarbonyl (C=S) groups is 1. The predicted molar refractivity (Wildman–Crippen MR) is 119 cm³/mol. The molecule has 0 amide bonds. The quantitative estimate of drug-likeness (QED) is 0.248. The molecule has 2 aromatic carbocycles. The van der Waals surface area contributed by atoms with Crippen LogP contribution >= 0.6 is 24.0 Å². The molecule has 2 nitrogen and oxygen atoms in total. The number of nitrogens with one attached hydrogen (secondary N) is 1. The van der Waals surface area contributed by atoms with Crippen molar-refractivity contribution in [3.8, 4) is 0 Å². The third-order valence-electron chi connectivity index (χ3n) is 3.31. The van der Waals surface area contributed by atoms with Crippen molar-refractivity contribution in [1.82, 2.24) is 0 Å². The molecule has 0 heterocycles. The maximum atomic E-state index is 5.08. The molecule has 2 rings (SSSR count). The van der Waals surface area contributed by atoms with Gasteiger partial charge in [0.2, 0.25) is 0 Å². The van der Waals surface area contributed by atoms with Crippen molar-refractivity contribution < 1.29 is 21.1 Å². The number of benzene rings is 2. The average Bonchev–Trinajstić information content (AvgIpc) is 2.64. The molecule has 0 spiro atoms. The fourth-order valence-corrected chi connectivity index (χ4v) is 3.02. The number of rotatable bonds is 8. The van der Waals surface area contributed by atoms with Gasteiger partial charge in [0, 0.05) is 32.4 Å². The minimum Gasteiger partial charge on any atom is -0.669 e. The summed E-state index contributed by atoms with van der Waals surface area (Å²) in [5.74, 6) is 1.13. The van der Waals surface area contributed by atoms with Crippen molar-refractivity contribution >= 4 is 39.7 Å². The van der Waals surface area contributed by atoms with Crippen LogP contribution in [0.25, 0.3) is 5.32 Å². The van der Waals surface area contributed by atoms with Gasteiger partial charge in [0.25, 0.3) is 0 Å². The predicted octanol–water partition coefficient (Wildman–Crippen LogP) is 7.41. The van der Waals surface area contributed by atoms with E-state index in [1.165, 1.54) is 19.3 Å². The minimum absolute atomic E-state index is 0. The van der Waals surface area contributed by atoms with Gasteiger partial charge in [0.05, 0.1) is 0 Å². The summed E-state index contributed by atoms with van der Waals surface area (Å²) in [5, 5.41) is 7.58. The van der Waals surface area contributed by atoms with Crippen LogP contribution in [0, 0.1) is 0 Å². The Balaban J connectivity index is 0.000000466. The van der Waals surface area contributed by atoms with Crippen LogP contribution in [0.1, 0.15) is 39.5 Å². The second kappa shape index (κ2) is 17.6. The van der Waals surface area contributed by atoms with E-state index in [9.17, 15) is 0 Å². The Bertz CT molecular complexity index is 515. The van der Waals surface area contributed by atoms with Gasteiger partial charge in [0.1, 0.15) is 0 Å². The van der Waals surface area contributed by atoms with E-state index in [1.54, 1.807) is 11.8 Å². The minimum atomic E-state index is 0. The SMILES string of the molecule is CCCC[N-]C(=S)SCCCC.[Mo].c1ccc(Nc2ccccc2)cc1. The summed E-state index contributed by atoms with van der Waals surface area (Å²) >= 11 is 6.79. The van der Waals surface area contributed by atoms with Crippen LogP contribution in [0.4, 0.5) is 11.4 Å². The Hall–Kier alpha value is -0.832. The third kappa shape index (κ3) is 13.4. The molecule has 5 heteroatoms. The fraction of sp³-hybridized carbons (Fsp3) is 0.381. The summed E-state index contributed by atoms with van der Waals surface area (Å²) in [7, 11) is 0. The first-order valence-electron chi connectivity index (χ1n) is 8.97. The zero-order valence-corrected chi connectivity index (χ0v) is 19.3. The summed E-state index contributed by atoms with van der Waals surface area (Å²) in [5.41, 5.74) is 2.24. The molecular weight excluding hydrogens is 440 g/mol. The summed E-state index contributed by atoms with van der Waals surface area (Å²) in [6.45, 7) is 5.27. The van der Waals surface area contributed by atoms with Crippen molar-refractivity contribution in [1.29, 1.82) is 0 Å². The summed E-state index contributed by atoms with van der Waals surface area (Å²) in [6.07, 6.45) is 4.85. The van der Waals surface area contributed by atoms with Crippen LogP contribution in [0.3, 0.4) is 0 Å². The molecule has 0 radical (unpaired) electrons. The van der Waals surface area contributed by atoms with Gasteiger partial charge >= 0.3 is 0 Å². The first-order chi connectivity index (χ1) is 12.3. The van der Waals surface area contributed by atoms with E-state index in [1.807, 2.05) is 60.7 Å². The molecule has 0 saturated carbocycles. The third-order valence-corrected chi connectivity index (χ3v) is 4.66. The van der Waals surface area contributed by atoms with Gasteiger partial charge < -0.3 is 10.6 Å². The van der Waals surface area contributed by atoms with Gasteiger partial charge in [-0.25, -0.2) is 0 Å². The summed E-state index contributed by atoms with van der Waals surface area (Å²) in [6, 6.07) is 20.3. The second-order valence-electron chi connectivity index (χ2n) is 5.56. The van der Waals surface area contributed by atoms with E-state index in [0.29, 0.717) is 0 Å². The number of unbranched alkanes of at least 4 members (excludes halogenated alkanes) is 2. The number of thioether (sulfide) groups is 1. The maximum Gasteiger partial charge on any atom is 0.0384 e. The normalized spacial score (nSPS) is 9.31. The van der Waals surface area contributed by atoms with Crippen LogP contribution in [0.5, 0.6) is 0 Å². The molecule has 0 aliphatic carbocycles. The van der Waals surface area contributed by atoms with Crippen LogP contribution in [0.15, 0.2) is 60.7 Å². The van der Waals surface area contributed by atoms with Crippen LogP contribution < -0.4 is 5.32 Å². The topological polar surface area (TPSA) is 26.1 Å². The van der Waals surface area contributed by atoms with Crippen molar-refractivity contribution in [2.45, 2.75) is 39.5 Å². The molecule has 0 fully saturated rings. The van der Waals surface area contributed by atoms with E-state index in [4.69, 9.17) is 12.2 Å². The molecule has 142 valence electrons. The number of nitrogens with zero attached hydrogens (tertiary/aromatic N) is 1. The number of para-hydroxylation sites is 2. The Morgan fingerprint density at radius 1 is 0.885 bits per heavy atom. The van der Waals surface area contributed by atoms with Crippen LogP contribution in [-0.2, 0) is 21.1 Å². The van der Waals surface area contributed by atoms with E-state index in [0.717, 1.165) is 34.4 Å². The van der Waals surface area contributed by atoms with Gasteiger partial charge in [0.15, 0.2) is 0 Å². The van der Waals surface area contributed by atoms with Gasteiger partial charge in [-0.2, -0.15) is 0 Å². The van der Waals surface area contributed by atoms with Crippen molar-refractivity contribution in [2.75, 3.05) is 17.6 Å². The fourth-order valence-electron chi connectivity index (χ4n) is 1.89. The van der Waals surface area contributed by atoms with E-state index >= 15 is 0 Å². The Labute approximate surface area is 183 Å². The largest absolute Gasteiger partial charge is 0.669 e. The molecule has 0 bridgehead atoms.